The van der Waals surface area contributed by atoms with Gasteiger partial charge in [-0.05, 0) is 12.8 Å². The van der Waals surface area contributed by atoms with Crippen molar-refractivity contribution in [2.75, 3.05) is 17.8 Å². The van der Waals surface area contributed by atoms with Gasteiger partial charge in [0, 0.05) is 19.2 Å². The maximum atomic E-state index is 11.8. The summed E-state index contributed by atoms with van der Waals surface area (Å²) < 4.78 is 27.1. The molecule has 0 aliphatic carbocycles. The van der Waals surface area contributed by atoms with E-state index < -0.39 is 16.2 Å². The minimum Gasteiger partial charge on any atom is -0.477 e. The van der Waals surface area contributed by atoms with E-state index >= 15 is 0 Å². The van der Waals surface area contributed by atoms with Gasteiger partial charge in [0.2, 0.25) is 0 Å². The van der Waals surface area contributed by atoms with E-state index in [0.717, 1.165) is 18.9 Å². The van der Waals surface area contributed by atoms with Gasteiger partial charge in [0.25, 0.3) is 0 Å². The first kappa shape index (κ1) is 11.9. The highest BCUT2D eigenvalue weighted by molar-refractivity contribution is 7.90. The Labute approximate surface area is 97.8 Å². The normalized spacial score (nSPS) is 17.2. The molecular weight excluding hydrogens is 248 g/mol. The second-order valence-electron chi connectivity index (χ2n) is 3.69. The number of carboxylic acids is 1. The second kappa shape index (κ2) is 4.34. The summed E-state index contributed by atoms with van der Waals surface area (Å²) in [6.45, 7) is 0.955. The number of aromatic nitrogens is 2. The summed E-state index contributed by atoms with van der Waals surface area (Å²) in [5.41, 5.74) is -0.163. The highest BCUT2D eigenvalue weighted by Crippen LogP contribution is 2.15. The van der Waals surface area contributed by atoms with Crippen LogP contribution in [0.3, 0.4) is 0 Å². The molecule has 94 valence electrons. The average molecular weight is 260 g/mol. The Kier molecular flexibility index (Phi) is 3.03. The van der Waals surface area contributed by atoms with Gasteiger partial charge in [0.1, 0.15) is 5.69 Å². The van der Waals surface area contributed by atoms with Crippen molar-refractivity contribution in [1.29, 1.82) is 0 Å². The molecule has 0 unspecified atom stereocenters. The fourth-order valence-electron chi connectivity index (χ4n) is 1.61. The first-order valence-electron chi connectivity index (χ1n) is 5.05. The van der Waals surface area contributed by atoms with Crippen LogP contribution >= 0.6 is 0 Å². The van der Waals surface area contributed by atoms with Gasteiger partial charge >= 0.3 is 16.2 Å². The van der Waals surface area contributed by atoms with Crippen LogP contribution in [-0.2, 0) is 10.2 Å². The molecule has 1 aromatic rings. The first-order valence-corrected chi connectivity index (χ1v) is 6.49. The van der Waals surface area contributed by atoms with Gasteiger partial charge in [-0.3, -0.25) is 9.82 Å². The fourth-order valence-corrected chi connectivity index (χ4v) is 2.85. The summed E-state index contributed by atoms with van der Waals surface area (Å²) in [5.74, 6) is -1.21. The molecule has 1 aliphatic heterocycles. The Bertz CT molecular complexity index is 517. The molecule has 0 atom stereocenters. The van der Waals surface area contributed by atoms with E-state index in [1.54, 1.807) is 0 Å². The van der Waals surface area contributed by atoms with E-state index in [2.05, 4.69) is 14.9 Å². The summed E-state index contributed by atoms with van der Waals surface area (Å²) in [6, 6.07) is 1.13. The van der Waals surface area contributed by atoms with E-state index in [0.29, 0.717) is 13.1 Å². The highest BCUT2D eigenvalue weighted by Gasteiger charge is 2.26. The zero-order chi connectivity index (χ0) is 12.5. The molecule has 0 spiro atoms. The molecule has 1 fully saturated rings. The molecule has 8 nitrogen and oxygen atoms in total. The Balaban J connectivity index is 2.11. The minimum atomic E-state index is -3.62. The average Bonchev–Trinajstić information content (AvgIpc) is 2.85. The molecule has 2 rings (SSSR count). The van der Waals surface area contributed by atoms with Crippen LogP contribution in [0.4, 0.5) is 5.82 Å². The van der Waals surface area contributed by atoms with Crippen LogP contribution in [0.2, 0.25) is 0 Å². The third-order valence-electron chi connectivity index (χ3n) is 2.45. The molecule has 0 radical (unpaired) electrons. The number of anilines is 1. The van der Waals surface area contributed by atoms with Crippen molar-refractivity contribution in [2.45, 2.75) is 12.8 Å². The topological polar surface area (TPSA) is 115 Å². The Morgan fingerprint density at radius 3 is 2.65 bits per heavy atom. The third kappa shape index (κ3) is 2.56. The number of hydrogen-bond donors (Lipinski definition) is 3. The number of nitrogens with zero attached hydrogens (tertiary/aromatic N) is 2. The van der Waals surface area contributed by atoms with Crippen molar-refractivity contribution in [3.8, 4) is 0 Å². The molecule has 9 heteroatoms. The maximum Gasteiger partial charge on any atom is 0.353 e. The summed E-state index contributed by atoms with van der Waals surface area (Å²) in [5, 5.41) is 14.4. The monoisotopic (exact) mass is 260 g/mol. The van der Waals surface area contributed by atoms with Crippen molar-refractivity contribution in [3.05, 3.63) is 11.8 Å². The van der Waals surface area contributed by atoms with Gasteiger partial charge < -0.3 is 5.11 Å². The van der Waals surface area contributed by atoms with Gasteiger partial charge in [-0.25, -0.2) is 4.79 Å². The number of hydrogen-bond acceptors (Lipinski definition) is 4. The summed E-state index contributed by atoms with van der Waals surface area (Å²) in [4.78, 5) is 10.6. The lowest BCUT2D eigenvalue weighted by atomic mass is 10.4. The van der Waals surface area contributed by atoms with E-state index in [1.807, 2.05) is 0 Å². The number of rotatable bonds is 4. The first-order chi connectivity index (χ1) is 7.99. The lowest BCUT2D eigenvalue weighted by Gasteiger charge is -2.15. The van der Waals surface area contributed by atoms with Crippen LogP contribution in [0.15, 0.2) is 6.07 Å². The zero-order valence-corrected chi connectivity index (χ0v) is 9.70. The van der Waals surface area contributed by atoms with Crippen molar-refractivity contribution in [3.63, 3.8) is 0 Å². The largest absolute Gasteiger partial charge is 0.477 e. The van der Waals surface area contributed by atoms with E-state index in [1.165, 1.54) is 4.31 Å². The molecule has 0 amide bonds. The van der Waals surface area contributed by atoms with Crippen LogP contribution in [0.5, 0.6) is 0 Å². The van der Waals surface area contributed by atoms with Crippen molar-refractivity contribution in [1.82, 2.24) is 14.5 Å². The molecule has 0 saturated carbocycles. The molecule has 17 heavy (non-hydrogen) atoms. The zero-order valence-electron chi connectivity index (χ0n) is 8.88. The molecule has 1 saturated heterocycles. The summed E-state index contributed by atoms with van der Waals surface area (Å²) in [7, 11) is -3.62. The molecule has 0 bridgehead atoms. The molecule has 1 aliphatic rings. The van der Waals surface area contributed by atoms with Gasteiger partial charge in [-0.2, -0.15) is 17.8 Å². The number of H-pyrrole nitrogens is 1. The Morgan fingerprint density at radius 1 is 1.47 bits per heavy atom. The molecular formula is C8H12N4O4S. The number of aromatic amines is 1. The van der Waals surface area contributed by atoms with E-state index in [4.69, 9.17) is 5.11 Å². The van der Waals surface area contributed by atoms with Crippen LogP contribution in [0, 0.1) is 0 Å². The van der Waals surface area contributed by atoms with Gasteiger partial charge in [0.05, 0.1) is 0 Å². The van der Waals surface area contributed by atoms with Gasteiger partial charge in [-0.15, -0.1) is 0 Å². The predicted octanol–water partition coefficient (Wildman–Crippen LogP) is -0.140. The lowest BCUT2D eigenvalue weighted by molar-refractivity contribution is 0.0690. The summed E-state index contributed by atoms with van der Waals surface area (Å²) >= 11 is 0. The SMILES string of the molecule is O=C(O)c1cc(NS(=O)(=O)N2CCCC2)n[nH]1. The number of aromatic carboxylic acids is 1. The van der Waals surface area contributed by atoms with Crippen LogP contribution in [0.25, 0.3) is 0 Å². The van der Waals surface area contributed by atoms with Crippen molar-refractivity contribution < 1.29 is 18.3 Å². The minimum absolute atomic E-state index is 0.0192. The van der Waals surface area contributed by atoms with Gasteiger partial charge in [-0.1, -0.05) is 0 Å². The van der Waals surface area contributed by atoms with Crippen LogP contribution in [-0.4, -0.2) is 47.1 Å². The summed E-state index contributed by atoms with van der Waals surface area (Å²) in [6.07, 6.45) is 1.67. The van der Waals surface area contributed by atoms with Gasteiger partial charge in [0.15, 0.2) is 5.82 Å². The third-order valence-corrected chi connectivity index (χ3v) is 3.96. The molecule has 3 N–H and O–H groups in total. The molecule has 0 aromatic carbocycles. The molecule has 2 heterocycles. The number of nitrogens with one attached hydrogen (secondary N) is 2. The highest BCUT2D eigenvalue weighted by atomic mass is 32.2. The van der Waals surface area contributed by atoms with Crippen LogP contribution in [0.1, 0.15) is 23.3 Å². The van der Waals surface area contributed by atoms with E-state index in [9.17, 15) is 13.2 Å². The predicted molar refractivity (Wildman–Crippen MR) is 58.9 cm³/mol. The maximum absolute atomic E-state index is 11.8. The quantitative estimate of drug-likeness (QED) is 0.697. The smallest absolute Gasteiger partial charge is 0.353 e. The standard InChI is InChI=1S/C8H12N4O4S/c13-8(14)6-5-7(10-9-6)11-17(15,16)12-3-1-2-4-12/h5H,1-4H2,(H,13,14)(H2,9,10,11). The van der Waals surface area contributed by atoms with E-state index in [-0.39, 0.29) is 11.5 Å². The second-order valence-corrected chi connectivity index (χ2v) is 5.36. The van der Waals surface area contributed by atoms with Crippen LogP contribution < -0.4 is 4.72 Å². The molecule has 1 aromatic heterocycles. The number of carboxylic acid groups (broad SMARTS) is 1. The lowest BCUT2D eigenvalue weighted by Crippen LogP contribution is -2.33. The Morgan fingerprint density at radius 2 is 2.12 bits per heavy atom. The fraction of sp³-hybridized carbons (Fsp3) is 0.500. The Hall–Kier alpha value is -1.61. The number of carbonyl (C=O) groups is 1. The van der Waals surface area contributed by atoms with Crippen molar-refractivity contribution >= 4 is 22.0 Å². The van der Waals surface area contributed by atoms with Crippen molar-refractivity contribution in [2.24, 2.45) is 0 Å².